The molecule has 0 saturated heterocycles. The molecule has 106 valence electrons. The number of halogens is 1. The fourth-order valence-corrected chi connectivity index (χ4v) is 2.28. The minimum Gasteiger partial charge on any atom is -0.339 e. The molecule has 0 spiro atoms. The molecule has 0 bridgehead atoms. The average Bonchev–Trinajstić information content (AvgIpc) is 2.39. The second kappa shape index (κ2) is 6.95. The summed E-state index contributed by atoms with van der Waals surface area (Å²) < 4.78 is 0. The van der Waals surface area contributed by atoms with Crippen molar-refractivity contribution < 1.29 is 4.79 Å². The van der Waals surface area contributed by atoms with Crippen LogP contribution in [-0.4, -0.2) is 29.3 Å². The van der Waals surface area contributed by atoms with Crippen LogP contribution in [0.3, 0.4) is 0 Å². The monoisotopic (exact) mass is 281 g/mol. The van der Waals surface area contributed by atoms with Crippen molar-refractivity contribution in [1.29, 1.82) is 0 Å². The van der Waals surface area contributed by atoms with Gasteiger partial charge in [-0.05, 0) is 39.7 Å². The summed E-state index contributed by atoms with van der Waals surface area (Å²) in [5, 5.41) is 0. The minimum atomic E-state index is -0.502. The van der Waals surface area contributed by atoms with Gasteiger partial charge in [0.15, 0.2) is 0 Å². The molecule has 0 aliphatic rings. The van der Waals surface area contributed by atoms with E-state index in [9.17, 15) is 4.79 Å². The highest BCUT2D eigenvalue weighted by molar-refractivity contribution is 6.17. The van der Waals surface area contributed by atoms with Gasteiger partial charge in [-0.2, -0.15) is 0 Å². The lowest BCUT2D eigenvalue weighted by Gasteiger charge is -2.35. The first-order valence-electron chi connectivity index (χ1n) is 6.83. The summed E-state index contributed by atoms with van der Waals surface area (Å²) in [6.07, 6.45) is 0.830. The number of amides is 1. The summed E-state index contributed by atoms with van der Waals surface area (Å²) in [7, 11) is 0. The standard InChI is InChI=1S/C16H24ClNO/c1-13(2)18(12-8-11-17)15(19)16(3,4)14-9-6-5-7-10-14/h5-7,9-10,13H,8,11-12H2,1-4H3. The van der Waals surface area contributed by atoms with Gasteiger partial charge in [0, 0.05) is 18.5 Å². The van der Waals surface area contributed by atoms with Crippen LogP contribution in [0.25, 0.3) is 0 Å². The molecule has 2 nitrogen and oxygen atoms in total. The molecule has 0 aliphatic heterocycles. The third kappa shape index (κ3) is 3.97. The number of rotatable bonds is 6. The van der Waals surface area contributed by atoms with Gasteiger partial charge in [0.05, 0.1) is 5.41 Å². The van der Waals surface area contributed by atoms with Crippen molar-refractivity contribution in [2.24, 2.45) is 0 Å². The molecule has 0 aliphatic carbocycles. The van der Waals surface area contributed by atoms with E-state index in [0.29, 0.717) is 5.88 Å². The van der Waals surface area contributed by atoms with Gasteiger partial charge in [-0.25, -0.2) is 0 Å². The maximum atomic E-state index is 12.8. The molecule has 1 amide bonds. The van der Waals surface area contributed by atoms with Gasteiger partial charge in [0.25, 0.3) is 0 Å². The Morgan fingerprint density at radius 1 is 1.26 bits per heavy atom. The third-order valence-electron chi connectivity index (χ3n) is 3.45. The Kier molecular flexibility index (Phi) is 5.86. The molecule has 0 aromatic heterocycles. The number of nitrogens with zero attached hydrogens (tertiary/aromatic N) is 1. The molecule has 1 rings (SSSR count). The maximum Gasteiger partial charge on any atom is 0.232 e. The van der Waals surface area contributed by atoms with Crippen molar-refractivity contribution in [3.63, 3.8) is 0 Å². The highest BCUT2D eigenvalue weighted by atomic mass is 35.5. The number of hydrogen-bond donors (Lipinski definition) is 0. The minimum absolute atomic E-state index is 0.166. The average molecular weight is 282 g/mol. The van der Waals surface area contributed by atoms with Crippen molar-refractivity contribution in [2.75, 3.05) is 12.4 Å². The lowest BCUT2D eigenvalue weighted by atomic mass is 9.83. The first-order valence-corrected chi connectivity index (χ1v) is 7.37. The van der Waals surface area contributed by atoms with Crippen LogP contribution in [0.1, 0.15) is 39.7 Å². The molecular formula is C16H24ClNO. The largest absolute Gasteiger partial charge is 0.339 e. The Bertz CT molecular complexity index is 400. The van der Waals surface area contributed by atoms with Crippen molar-refractivity contribution in [2.45, 2.75) is 45.6 Å². The van der Waals surface area contributed by atoms with E-state index in [4.69, 9.17) is 11.6 Å². The van der Waals surface area contributed by atoms with Crippen molar-refractivity contribution in [3.8, 4) is 0 Å². The fourth-order valence-electron chi connectivity index (χ4n) is 2.16. The molecule has 1 aromatic carbocycles. The number of alkyl halides is 1. The van der Waals surface area contributed by atoms with E-state index in [1.165, 1.54) is 0 Å². The van der Waals surface area contributed by atoms with Crippen LogP contribution in [0.2, 0.25) is 0 Å². The zero-order chi connectivity index (χ0) is 14.5. The van der Waals surface area contributed by atoms with Crippen LogP contribution in [0, 0.1) is 0 Å². The molecule has 3 heteroatoms. The van der Waals surface area contributed by atoms with E-state index in [1.807, 2.05) is 62.9 Å². The highest BCUT2D eigenvalue weighted by Crippen LogP contribution is 2.26. The van der Waals surface area contributed by atoms with E-state index in [0.717, 1.165) is 18.5 Å². The molecule has 0 saturated carbocycles. The number of hydrogen-bond acceptors (Lipinski definition) is 1. The van der Waals surface area contributed by atoms with Crippen LogP contribution < -0.4 is 0 Å². The SMILES string of the molecule is CC(C)N(CCCCl)C(=O)C(C)(C)c1ccccc1. The van der Waals surface area contributed by atoms with Crippen LogP contribution in [0.15, 0.2) is 30.3 Å². The van der Waals surface area contributed by atoms with Gasteiger partial charge < -0.3 is 4.90 Å². The van der Waals surface area contributed by atoms with Gasteiger partial charge in [-0.3, -0.25) is 4.79 Å². The zero-order valence-electron chi connectivity index (χ0n) is 12.3. The van der Waals surface area contributed by atoms with Crippen molar-refractivity contribution in [3.05, 3.63) is 35.9 Å². The molecule has 0 atom stereocenters. The molecule has 1 aromatic rings. The third-order valence-corrected chi connectivity index (χ3v) is 3.71. The predicted molar refractivity (Wildman–Crippen MR) is 81.7 cm³/mol. The van der Waals surface area contributed by atoms with Gasteiger partial charge in [0.1, 0.15) is 0 Å². The van der Waals surface area contributed by atoms with E-state index in [-0.39, 0.29) is 11.9 Å². The summed E-state index contributed by atoms with van der Waals surface area (Å²) in [5.74, 6) is 0.751. The summed E-state index contributed by atoms with van der Waals surface area (Å²) in [5.41, 5.74) is 0.550. The van der Waals surface area contributed by atoms with Gasteiger partial charge >= 0.3 is 0 Å². The van der Waals surface area contributed by atoms with Crippen LogP contribution >= 0.6 is 11.6 Å². The number of carbonyl (C=O) groups excluding carboxylic acids is 1. The van der Waals surface area contributed by atoms with Crippen molar-refractivity contribution >= 4 is 17.5 Å². The second-order valence-electron chi connectivity index (χ2n) is 5.63. The van der Waals surface area contributed by atoms with Gasteiger partial charge in [0.2, 0.25) is 5.91 Å². The summed E-state index contributed by atoms with van der Waals surface area (Å²) in [4.78, 5) is 14.7. The molecule has 0 unspecified atom stereocenters. The molecule has 0 heterocycles. The molecule has 0 fully saturated rings. The van der Waals surface area contributed by atoms with E-state index in [2.05, 4.69) is 0 Å². The van der Waals surface area contributed by atoms with Gasteiger partial charge in [-0.15, -0.1) is 11.6 Å². The summed E-state index contributed by atoms with van der Waals surface area (Å²) in [6.45, 7) is 8.79. The van der Waals surface area contributed by atoms with E-state index in [1.54, 1.807) is 0 Å². The predicted octanol–water partition coefficient (Wildman–Crippen LogP) is 3.83. The molecule has 0 radical (unpaired) electrons. The Morgan fingerprint density at radius 2 is 1.84 bits per heavy atom. The Hall–Kier alpha value is -1.02. The van der Waals surface area contributed by atoms with Crippen molar-refractivity contribution in [1.82, 2.24) is 4.90 Å². The maximum absolute atomic E-state index is 12.8. The van der Waals surface area contributed by atoms with Crippen LogP contribution in [0.4, 0.5) is 0 Å². The quantitative estimate of drug-likeness (QED) is 0.726. The van der Waals surface area contributed by atoms with E-state index >= 15 is 0 Å². The summed E-state index contributed by atoms with van der Waals surface area (Å²) in [6, 6.07) is 10.1. The summed E-state index contributed by atoms with van der Waals surface area (Å²) >= 11 is 5.75. The lowest BCUT2D eigenvalue weighted by Crippen LogP contribution is -2.47. The second-order valence-corrected chi connectivity index (χ2v) is 6.00. The van der Waals surface area contributed by atoms with Gasteiger partial charge in [-0.1, -0.05) is 30.3 Å². The number of carbonyl (C=O) groups is 1. The number of benzene rings is 1. The van der Waals surface area contributed by atoms with E-state index < -0.39 is 5.41 Å². The van der Waals surface area contributed by atoms with Crippen LogP contribution in [-0.2, 0) is 10.2 Å². The molecule has 19 heavy (non-hydrogen) atoms. The zero-order valence-corrected chi connectivity index (χ0v) is 13.1. The molecular weight excluding hydrogens is 258 g/mol. The first-order chi connectivity index (χ1) is 8.91. The van der Waals surface area contributed by atoms with Crippen LogP contribution in [0.5, 0.6) is 0 Å². The topological polar surface area (TPSA) is 20.3 Å². The first kappa shape index (κ1) is 16.0. The normalized spacial score (nSPS) is 11.7. The molecule has 0 N–H and O–H groups in total. The fraction of sp³-hybridized carbons (Fsp3) is 0.562. The Morgan fingerprint density at radius 3 is 2.32 bits per heavy atom. The smallest absolute Gasteiger partial charge is 0.232 e. The highest BCUT2D eigenvalue weighted by Gasteiger charge is 2.34. The Labute approximate surface area is 121 Å². The lowest BCUT2D eigenvalue weighted by molar-refractivity contribution is -0.138. The Balaban J connectivity index is 2.95.